The molecular weight excluding hydrogens is 198 g/mol. The molecule has 1 N–H and O–H groups in total. The van der Waals surface area contributed by atoms with Crippen molar-refractivity contribution in [2.24, 2.45) is 17.8 Å². The van der Waals surface area contributed by atoms with Gasteiger partial charge in [0.15, 0.2) is 0 Å². The Kier molecular flexibility index (Phi) is 4.24. The van der Waals surface area contributed by atoms with Crippen LogP contribution in [-0.2, 0) is 4.79 Å². The lowest BCUT2D eigenvalue weighted by atomic mass is 10.0. The minimum Gasteiger partial charge on any atom is -0.352 e. The van der Waals surface area contributed by atoms with Crippen molar-refractivity contribution in [1.82, 2.24) is 5.32 Å². The fourth-order valence-electron chi connectivity index (χ4n) is 1.51. The van der Waals surface area contributed by atoms with Crippen LogP contribution in [0.5, 0.6) is 0 Å². The fourth-order valence-corrected chi connectivity index (χ4v) is 1.94. The SMILES string of the molecule is CC(C)C(CCl)NC(=O)C(C)C1CC1. The van der Waals surface area contributed by atoms with E-state index in [9.17, 15) is 4.79 Å². The minimum atomic E-state index is 0.116. The van der Waals surface area contributed by atoms with E-state index in [0.717, 1.165) is 0 Å². The van der Waals surface area contributed by atoms with Gasteiger partial charge in [-0.25, -0.2) is 0 Å². The van der Waals surface area contributed by atoms with Crippen LogP contribution in [0.15, 0.2) is 0 Å². The summed E-state index contributed by atoms with van der Waals surface area (Å²) in [6.07, 6.45) is 2.42. The van der Waals surface area contributed by atoms with E-state index in [0.29, 0.717) is 17.7 Å². The smallest absolute Gasteiger partial charge is 0.223 e. The summed E-state index contributed by atoms with van der Waals surface area (Å²) in [5.41, 5.74) is 0. The summed E-state index contributed by atoms with van der Waals surface area (Å²) < 4.78 is 0. The fraction of sp³-hybridized carbons (Fsp3) is 0.909. The molecule has 1 aliphatic rings. The Bertz CT molecular complexity index is 201. The van der Waals surface area contributed by atoms with E-state index < -0.39 is 0 Å². The van der Waals surface area contributed by atoms with Crippen molar-refractivity contribution in [2.45, 2.75) is 39.7 Å². The molecule has 0 spiro atoms. The van der Waals surface area contributed by atoms with Crippen molar-refractivity contribution in [2.75, 3.05) is 5.88 Å². The second-order valence-corrected chi connectivity index (χ2v) is 4.95. The number of carbonyl (C=O) groups is 1. The van der Waals surface area contributed by atoms with E-state index >= 15 is 0 Å². The first-order chi connectivity index (χ1) is 6.56. The maximum atomic E-state index is 11.7. The number of halogens is 1. The zero-order valence-electron chi connectivity index (χ0n) is 9.22. The molecule has 3 heteroatoms. The van der Waals surface area contributed by atoms with E-state index in [2.05, 4.69) is 19.2 Å². The Labute approximate surface area is 91.4 Å². The molecule has 1 amide bonds. The third-order valence-electron chi connectivity index (χ3n) is 3.04. The van der Waals surface area contributed by atoms with Crippen LogP contribution in [0, 0.1) is 17.8 Å². The predicted molar refractivity (Wildman–Crippen MR) is 59.4 cm³/mol. The summed E-state index contributed by atoms with van der Waals surface area (Å²) in [6, 6.07) is 0.116. The van der Waals surface area contributed by atoms with Crippen LogP contribution in [0.1, 0.15) is 33.6 Å². The van der Waals surface area contributed by atoms with Gasteiger partial charge in [-0.05, 0) is 24.7 Å². The van der Waals surface area contributed by atoms with E-state index in [1.165, 1.54) is 12.8 Å². The van der Waals surface area contributed by atoms with Crippen molar-refractivity contribution < 1.29 is 4.79 Å². The van der Waals surface area contributed by atoms with Gasteiger partial charge < -0.3 is 5.32 Å². The molecular formula is C11H20ClNO. The normalized spacial score (nSPS) is 20.6. The molecule has 0 bridgehead atoms. The van der Waals surface area contributed by atoms with Crippen LogP contribution in [0.2, 0.25) is 0 Å². The largest absolute Gasteiger partial charge is 0.352 e. The highest BCUT2D eigenvalue weighted by Gasteiger charge is 2.33. The van der Waals surface area contributed by atoms with Crippen LogP contribution in [-0.4, -0.2) is 17.8 Å². The third kappa shape index (κ3) is 3.16. The lowest BCUT2D eigenvalue weighted by Crippen LogP contribution is -2.42. The van der Waals surface area contributed by atoms with E-state index in [1.807, 2.05) is 6.92 Å². The molecule has 0 aromatic heterocycles. The summed E-state index contributed by atoms with van der Waals surface area (Å²) in [6.45, 7) is 6.17. The van der Waals surface area contributed by atoms with E-state index in [1.54, 1.807) is 0 Å². The molecule has 0 aromatic rings. The number of amides is 1. The van der Waals surface area contributed by atoms with Gasteiger partial charge in [-0.1, -0.05) is 20.8 Å². The Balaban J connectivity index is 2.37. The summed E-state index contributed by atoms with van der Waals surface area (Å²) in [5.74, 6) is 1.87. The highest BCUT2D eigenvalue weighted by molar-refractivity contribution is 6.18. The van der Waals surface area contributed by atoms with Crippen molar-refractivity contribution in [3.63, 3.8) is 0 Å². The summed E-state index contributed by atoms with van der Waals surface area (Å²) in [4.78, 5) is 11.7. The van der Waals surface area contributed by atoms with Crippen molar-refractivity contribution in [1.29, 1.82) is 0 Å². The highest BCUT2D eigenvalue weighted by Crippen LogP contribution is 2.36. The number of alkyl halides is 1. The topological polar surface area (TPSA) is 29.1 Å². The summed E-state index contributed by atoms with van der Waals surface area (Å²) in [7, 11) is 0. The zero-order chi connectivity index (χ0) is 10.7. The highest BCUT2D eigenvalue weighted by atomic mass is 35.5. The first-order valence-corrected chi connectivity index (χ1v) is 5.96. The van der Waals surface area contributed by atoms with Crippen LogP contribution in [0.25, 0.3) is 0 Å². The molecule has 14 heavy (non-hydrogen) atoms. The molecule has 1 rings (SSSR count). The van der Waals surface area contributed by atoms with E-state index in [4.69, 9.17) is 11.6 Å². The zero-order valence-corrected chi connectivity index (χ0v) is 9.97. The maximum Gasteiger partial charge on any atom is 0.223 e. The summed E-state index contributed by atoms with van der Waals surface area (Å²) >= 11 is 5.79. The molecule has 82 valence electrons. The summed E-state index contributed by atoms with van der Waals surface area (Å²) in [5, 5.41) is 3.02. The number of carbonyl (C=O) groups excluding carboxylic acids is 1. The second-order valence-electron chi connectivity index (χ2n) is 4.64. The lowest BCUT2D eigenvalue weighted by molar-refractivity contribution is -0.125. The average Bonchev–Trinajstić information content (AvgIpc) is 2.95. The van der Waals surface area contributed by atoms with Crippen LogP contribution in [0.3, 0.4) is 0 Å². The van der Waals surface area contributed by atoms with Crippen molar-refractivity contribution in [3.05, 3.63) is 0 Å². The standard InChI is InChI=1S/C11H20ClNO/c1-7(2)10(6-12)13-11(14)8(3)9-4-5-9/h7-10H,4-6H2,1-3H3,(H,13,14). The van der Waals surface area contributed by atoms with Gasteiger partial charge in [0.25, 0.3) is 0 Å². The van der Waals surface area contributed by atoms with Crippen molar-refractivity contribution >= 4 is 17.5 Å². The van der Waals surface area contributed by atoms with Gasteiger partial charge in [0, 0.05) is 17.8 Å². The molecule has 1 aliphatic carbocycles. The molecule has 2 atom stereocenters. The average molecular weight is 218 g/mol. The lowest BCUT2D eigenvalue weighted by Gasteiger charge is -2.22. The molecule has 2 unspecified atom stereocenters. The maximum absolute atomic E-state index is 11.7. The van der Waals surface area contributed by atoms with Gasteiger partial charge in [0.1, 0.15) is 0 Å². The Morgan fingerprint density at radius 1 is 1.43 bits per heavy atom. The second kappa shape index (κ2) is 5.01. The number of rotatable bonds is 5. The van der Waals surface area contributed by atoms with Gasteiger partial charge in [-0.3, -0.25) is 4.79 Å². The molecule has 0 aliphatic heterocycles. The molecule has 2 nitrogen and oxygen atoms in total. The molecule has 0 aromatic carbocycles. The Hall–Kier alpha value is -0.240. The number of hydrogen-bond acceptors (Lipinski definition) is 1. The van der Waals surface area contributed by atoms with Gasteiger partial charge in [0.05, 0.1) is 0 Å². The third-order valence-corrected chi connectivity index (χ3v) is 3.37. The van der Waals surface area contributed by atoms with Gasteiger partial charge in [-0.2, -0.15) is 0 Å². The Morgan fingerprint density at radius 3 is 2.36 bits per heavy atom. The number of nitrogens with one attached hydrogen (secondary N) is 1. The van der Waals surface area contributed by atoms with Crippen molar-refractivity contribution in [3.8, 4) is 0 Å². The van der Waals surface area contributed by atoms with Crippen LogP contribution >= 0.6 is 11.6 Å². The van der Waals surface area contributed by atoms with Crippen LogP contribution < -0.4 is 5.32 Å². The Morgan fingerprint density at radius 2 is 2.00 bits per heavy atom. The van der Waals surface area contributed by atoms with Gasteiger partial charge in [0.2, 0.25) is 5.91 Å². The number of hydrogen-bond donors (Lipinski definition) is 1. The molecule has 0 heterocycles. The van der Waals surface area contributed by atoms with Gasteiger partial charge in [-0.15, -0.1) is 11.6 Å². The predicted octanol–water partition coefficient (Wildman–Crippen LogP) is 2.41. The quantitative estimate of drug-likeness (QED) is 0.705. The van der Waals surface area contributed by atoms with Gasteiger partial charge >= 0.3 is 0 Å². The molecule has 1 fully saturated rings. The first-order valence-electron chi connectivity index (χ1n) is 5.42. The van der Waals surface area contributed by atoms with E-state index in [-0.39, 0.29) is 17.9 Å². The molecule has 1 saturated carbocycles. The minimum absolute atomic E-state index is 0.116. The van der Waals surface area contributed by atoms with Crippen LogP contribution in [0.4, 0.5) is 0 Å². The first kappa shape index (κ1) is 11.8. The molecule has 0 radical (unpaired) electrons. The molecule has 0 saturated heterocycles. The monoisotopic (exact) mass is 217 g/mol.